The van der Waals surface area contributed by atoms with E-state index in [-0.39, 0.29) is 0 Å². The van der Waals surface area contributed by atoms with Gasteiger partial charge in [-0.15, -0.1) is 0 Å². The van der Waals surface area contributed by atoms with E-state index < -0.39 is 24.3 Å². The van der Waals surface area contributed by atoms with Crippen LogP contribution >= 0.6 is 0 Å². The van der Waals surface area contributed by atoms with Gasteiger partial charge in [0.15, 0.2) is 0 Å². The van der Waals surface area contributed by atoms with Crippen LogP contribution in [0.25, 0.3) is 11.3 Å². The SMILES string of the molecule is Cc1cccc(-c2cnc3n2CCN(Cc2ccncc2)C3)c1.O=C(O)C(F)(F)F.O=C(O)C(F)(F)F. The number of aryl methyl sites for hydroxylation is 1. The first kappa shape index (κ1) is 29.3. The third kappa shape index (κ3) is 9.22. The Labute approximate surface area is 206 Å². The number of carbonyl (C=O) groups is 2. The Morgan fingerprint density at radius 1 is 0.946 bits per heavy atom. The second-order valence-electron chi connectivity index (χ2n) is 7.75. The summed E-state index contributed by atoms with van der Waals surface area (Å²) in [6.07, 6.45) is -4.44. The monoisotopic (exact) mass is 532 g/mol. The van der Waals surface area contributed by atoms with E-state index in [9.17, 15) is 26.3 Å². The number of fused-ring (bicyclic) bond motifs is 1. The Balaban J connectivity index is 0.000000286. The first-order chi connectivity index (χ1) is 17.2. The lowest BCUT2D eigenvalue weighted by Gasteiger charge is -2.28. The molecule has 0 atom stereocenters. The van der Waals surface area contributed by atoms with Gasteiger partial charge in [0, 0.05) is 37.6 Å². The first-order valence-corrected chi connectivity index (χ1v) is 10.5. The molecule has 2 N–H and O–H groups in total. The molecular weight excluding hydrogens is 510 g/mol. The molecule has 8 nitrogen and oxygen atoms in total. The zero-order chi connectivity index (χ0) is 27.8. The van der Waals surface area contributed by atoms with Crippen LogP contribution in [0.4, 0.5) is 26.3 Å². The minimum Gasteiger partial charge on any atom is -0.475 e. The normalized spacial score (nSPS) is 13.4. The van der Waals surface area contributed by atoms with Gasteiger partial charge in [-0.3, -0.25) is 9.88 Å². The van der Waals surface area contributed by atoms with Crippen molar-refractivity contribution in [2.75, 3.05) is 6.54 Å². The van der Waals surface area contributed by atoms with Gasteiger partial charge < -0.3 is 14.8 Å². The molecule has 0 bridgehead atoms. The van der Waals surface area contributed by atoms with Crippen molar-refractivity contribution in [3.8, 4) is 11.3 Å². The Bertz CT molecular complexity index is 1170. The van der Waals surface area contributed by atoms with Crippen LogP contribution in [0.1, 0.15) is 17.0 Å². The number of benzene rings is 1. The molecule has 4 rings (SSSR count). The van der Waals surface area contributed by atoms with Crippen LogP contribution < -0.4 is 0 Å². The van der Waals surface area contributed by atoms with E-state index in [1.54, 1.807) is 0 Å². The number of hydrogen-bond acceptors (Lipinski definition) is 5. The fourth-order valence-electron chi connectivity index (χ4n) is 3.23. The number of aliphatic carboxylic acids is 2. The standard InChI is InChI=1S/C19H20N4.2C2HF3O2/c1-15-3-2-4-17(11-15)18-12-21-19-14-22(9-10-23(18)19)13-16-5-7-20-8-6-16;2*3-2(4,5)1(6)7/h2-8,11-12H,9-10,13-14H2,1H3;2*(H,6,7). The highest BCUT2D eigenvalue weighted by molar-refractivity contribution is 5.73. The lowest BCUT2D eigenvalue weighted by Crippen LogP contribution is -2.33. The summed E-state index contributed by atoms with van der Waals surface area (Å²) in [7, 11) is 0. The molecule has 0 aliphatic carbocycles. The second-order valence-corrected chi connectivity index (χ2v) is 7.75. The van der Waals surface area contributed by atoms with Crippen LogP contribution in [0.3, 0.4) is 0 Å². The Kier molecular flexibility index (Phi) is 9.77. The number of imidazole rings is 1. The van der Waals surface area contributed by atoms with Gasteiger partial charge in [-0.25, -0.2) is 14.6 Å². The topological polar surface area (TPSA) is 109 Å². The van der Waals surface area contributed by atoms with Crippen molar-refractivity contribution in [3.63, 3.8) is 0 Å². The van der Waals surface area contributed by atoms with Crippen molar-refractivity contribution < 1.29 is 46.1 Å². The van der Waals surface area contributed by atoms with Crippen LogP contribution in [0.5, 0.6) is 0 Å². The summed E-state index contributed by atoms with van der Waals surface area (Å²) in [5, 5.41) is 14.2. The Morgan fingerprint density at radius 3 is 2.03 bits per heavy atom. The highest BCUT2D eigenvalue weighted by Crippen LogP contribution is 2.25. The maximum Gasteiger partial charge on any atom is 0.490 e. The molecule has 3 heterocycles. The van der Waals surface area contributed by atoms with Gasteiger partial charge >= 0.3 is 24.3 Å². The van der Waals surface area contributed by atoms with Crippen molar-refractivity contribution in [3.05, 3.63) is 71.9 Å². The van der Waals surface area contributed by atoms with Crippen molar-refractivity contribution >= 4 is 11.9 Å². The molecule has 3 aromatic rings. The lowest BCUT2D eigenvalue weighted by molar-refractivity contribution is -0.193. The van der Waals surface area contributed by atoms with Crippen LogP contribution in [-0.2, 0) is 29.2 Å². The zero-order valence-electron chi connectivity index (χ0n) is 19.3. The van der Waals surface area contributed by atoms with Gasteiger partial charge in [0.2, 0.25) is 0 Å². The van der Waals surface area contributed by atoms with E-state index in [2.05, 4.69) is 62.8 Å². The lowest BCUT2D eigenvalue weighted by atomic mass is 10.1. The molecule has 0 amide bonds. The molecule has 1 aliphatic heterocycles. The quantitative estimate of drug-likeness (QED) is 0.477. The van der Waals surface area contributed by atoms with Gasteiger partial charge in [-0.2, -0.15) is 26.3 Å². The van der Waals surface area contributed by atoms with E-state index in [0.717, 1.165) is 32.0 Å². The van der Waals surface area contributed by atoms with Gasteiger partial charge in [0.05, 0.1) is 18.4 Å². The summed E-state index contributed by atoms with van der Waals surface area (Å²) in [6, 6.07) is 12.8. The van der Waals surface area contributed by atoms with E-state index in [0.29, 0.717) is 0 Å². The van der Waals surface area contributed by atoms with E-state index >= 15 is 0 Å². The maximum absolute atomic E-state index is 10.6. The minimum atomic E-state index is -5.08. The summed E-state index contributed by atoms with van der Waals surface area (Å²) in [5.74, 6) is -4.36. The second kappa shape index (κ2) is 12.3. The number of hydrogen-bond donors (Lipinski definition) is 2. The third-order valence-electron chi connectivity index (χ3n) is 4.90. The van der Waals surface area contributed by atoms with Crippen LogP contribution in [0.2, 0.25) is 0 Å². The number of rotatable bonds is 3. The maximum atomic E-state index is 10.6. The zero-order valence-corrected chi connectivity index (χ0v) is 19.3. The summed E-state index contributed by atoms with van der Waals surface area (Å²) in [4.78, 5) is 29.0. The number of aromatic nitrogens is 3. The molecule has 200 valence electrons. The molecule has 14 heteroatoms. The number of alkyl halides is 6. The van der Waals surface area contributed by atoms with Gasteiger partial charge in [-0.05, 0) is 30.7 Å². The van der Waals surface area contributed by atoms with E-state index in [1.807, 2.05) is 18.6 Å². The fraction of sp³-hybridized carbons (Fsp3) is 0.304. The van der Waals surface area contributed by atoms with Crippen molar-refractivity contribution in [2.24, 2.45) is 0 Å². The Morgan fingerprint density at radius 2 is 1.51 bits per heavy atom. The number of nitrogens with zero attached hydrogens (tertiary/aromatic N) is 4. The average Bonchev–Trinajstić information content (AvgIpc) is 3.23. The molecule has 0 unspecified atom stereocenters. The molecule has 0 fully saturated rings. The fourth-order valence-corrected chi connectivity index (χ4v) is 3.23. The Hall–Kier alpha value is -3.94. The average molecular weight is 532 g/mol. The summed E-state index contributed by atoms with van der Waals surface area (Å²) < 4.78 is 65.8. The molecule has 0 spiro atoms. The number of carboxylic acids is 2. The third-order valence-corrected chi connectivity index (χ3v) is 4.90. The molecular formula is C23H22F6N4O4. The molecule has 0 saturated heterocycles. The summed E-state index contributed by atoms with van der Waals surface area (Å²) in [5.41, 5.74) is 5.07. The molecule has 0 radical (unpaired) electrons. The molecule has 0 saturated carbocycles. The number of halogens is 6. The van der Waals surface area contributed by atoms with Gasteiger partial charge in [-0.1, -0.05) is 23.8 Å². The van der Waals surface area contributed by atoms with Crippen LogP contribution in [0.15, 0.2) is 55.0 Å². The number of carboxylic acid groups (broad SMARTS) is 2. The van der Waals surface area contributed by atoms with E-state index in [1.165, 1.54) is 22.4 Å². The minimum absolute atomic E-state index is 0.897. The smallest absolute Gasteiger partial charge is 0.475 e. The summed E-state index contributed by atoms with van der Waals surface area (Å²) >= 11 is 0. The number of pyridine rings is 1. The summed E-state index contributed by atoms with van der Waals surface area (Å²) in [6.45, 7) is 6.02. The van der Waals surface area contributed by atoms with Crippen LogP contribution in [-0.4, -0.2) is 60.5 Å². The predicted octanol–water partition coefficient (Wildman–Crippen LogP) is 4.54. The van der Waals surface area contributed by atoms with E-state index in [4.69, 9.17) is 19.8 Å². The van der Waals surface area contributed by atoms with Crippen LogP contribution in [0, 0.1) is 6.92 Å². The highest BCUT2D eigenvalue weighted by atomic mass is 19.4. The van der Waals surface area contributed by atoms with Gasteiger partial charge in [0.1, 0.15) is 5.82 Å². The molecule has 1 aromatic carbocycles. The van der Waals surface area contributed by atoms with Crippen molar-refractivity contribution in [2.45, 2.75) is 38.9 Å². The van der Waals surface area contributed by atoms with Crippen molar-refractivity contribution in [1.82, 2.24) is 19.4 Å². The molecule has 1 aliphatic rings. The van der Waals surface area contributed by atoms with Gasteiger partial charge in [0.25, 0.3) is 0 Å². The highest BCUT2D eigenvalue weighted by Gasteiger charge is 2.38. The molecule has 37 heavy (non-hydrogen) atoms. The largest absolute Gasteiger partial charge is 0.490 e. The van der Waals surface area contributed by atoms with Crippen molar-refractivity contribution in [1.29, 1.82) is 0 Å². The molecule has 2 aromatic heterocycles. The predicted molar refractivity (Wildman–Crippen MR) is 118 cm³/mol. The first-order valence-electron chi connectivity index (χ1n) is 10.5.